The Balaban J connectivity index is 2.42. The van der Waals surface area contributed by atoms with Crippen LogP contribution in [-0.4, -0.2) is 37.4 Å². The number of benzene rings is 1. The van der Waals surface area contributed by atoms with Crippen molar-refractivity contribution in [3.8, 4) is 0 Å². The molecule has 0 aromatic heterocycles. The van der Waals surface area contributed by atoms with E-state index in [0.717, 1.165) is 0 Å². The van der Waals surface area contributed by atoms with E-state index in [0.29, 0.717) is 18.8 Å². The molecule has 0 saturated heterocycles. The Labute approximate surface area is 111 Å². The molecular formula is C13H18N2O4. The van der Waals surface area contributed by atoms with Gasteiger partial charge in [0.05, 0.1) is 12.2 Å². The molecule has 0 aliphatic rings. The average molecular weight is 266 g/mol. The highest BCUT2D eigenvalue weighted by Gasteiger charge is 2.06. The van der Waals surface area contributed by atoms with Crippen LogP contribution in [0.2, 0.25) is 0 Å². The van der Waals surface area contributed by atoms with Gasteiger partial charge in [0.2, 0.25) is 0 Å². The van der Waals surface area contributed by atoms with Gasteiger partial charge in [0.1, 0.15) is 0 Å². The zero-order valence-corrected chi connectivity index (χ0v) is 11.0. The van der Waals surface area contributed by atoms with Gasteiger partial charge in [-0.15, -0.1) is 0 Å². The molecule has 1 aromatic carbocycles. The average Bonchev–Trinajstić information content (AvgIpc) is 2.37. The summed E-state index contributed by atoms with van der Waals surface area (Å²) >= 11 is 0. The van der Waals surface area contributed by atoms with Crippen molar-refractivity contribution in [3.63, 3.8) is 0 Å². The van der Waals surface area contributed by atoms with E-state index in [-0.39, 0.29) is 17.5 Å². The van der Waals surface area contributed by atoms with E-state index in [1.807, 2.05) is 6.92 Å². The van der Waals surface area contributed by atoms with Crippen molar-refractivity contribution in [1.82, 2.24) is 5.32 Å². The first-order chi connectivity index (χ1) is 9.02. The van der Waals surface area contributed by atoms with Crippen molar-refractivity contribution >= 4 is 17.7 Å². The predicted molar refractivity (Wildman–Crippen MR) is 71.5 cm³/mol. The number of hydrogen-bond acceptors (Lipinski definition) is 3. The first-order valence-corrected chi connectivity index (χ1v) is 5.90. The highest BCUT2D eigenvalue weighted by molar-refractivity contribution is 5.91. The van der Waals surface area contributed by atoms with Crippen molar-refractivity contribution in [1.29, 1.82) is 0 Å². The number of rotatable bonds is 6. The summed E-state index contributed by atoms with van der Waals surface area (Å²) in [5, 5.41) is 14.1. The van der Waals surface area contributed by atoms with Crippen LogP contribution in [0.5, 0.6) is 0 Å². The lowest BCUT2D eigenvalue weighted by Gasteiger charge is -2.12. The van der Waals surface area contributed by atoms with E-state index in [9.17, 15) is 9.59 Å². The highest BCUT2D eigenvalue weighted by atomic mass is 16.5. The van der Waals surface area contributed by atoms with Crippen molar-refractivity contribution in [2.75, 3.05) is 25.6 Å². The number of carbonyl (C=O) groups is 2. The van der Waals surface area contributed by atoms with Crippen LogP contribution in [-0.2, 0) is 4.74 Å². The molecule has 1 unspecified atom stereocenters. The molecule has 0 radical (unpaired) electrons. The SMILES string of the molecule is COCC(C)CNC(=O)Nc1ccc(C(=O)O)cc1. The Kier molecular flexibility index (Phi) is 5.81. The van der Waals surface area contributed by atoms with Crippen LogP contribution in [0.1, 0.15) is 17.3 Å². The van der Waals surface area contributed by atoms with Crippen molar-refractivity contribution in [3.05, 3.63) is 29.8 Å². The Morgan fingerprint density at radius 2 is 1.95 bits per heavy atom. The van der Waals surface area contributed by atoms with E-state index in [1.54, 1.807) is 19.2 Å². The van der Waals surface area contributed by atoms with Crippen LogP contribution in [0, 0.1) is 5.92 Å². The Morgan fingerprint density at radius 1 is 1.32 bits per heavy atom. The molecule has 0 bridgehead atoms. The standard InChI is InChI=1S/C13H18N2O4/c1-9(8-19-2)7-14-13(18)15-11-5-3-10(4-6-11)12(16)17/h3-6,9H,7-8H2,1-2H3,(H,16,17)(H2,14,15,18). The molecule has 0 spiro atoms. The molecule has 6 heteroatoms. The third kappa shape index (κ3) is 5.39. The normalized spacial score (nSPS) is 11.7. The maximum absolute atomic E-state index is 11.6. The molecule has 104 valence electrons. The van der Waals surface area contributed by atoms with Crippen LogP contribution in [0.4, 0.5) is 10.5 Å². The van der Waals surface area contributed by atoms with Gasteiger partial charge in [0, 0.05) is 19.3 Å². The van der Waals surface area contributed by atoms with Gasteiger partial charge in [-0.1, -0.05) is 6.92 Å². The maximum atomic E-state index is 11.6. The third-order valence-electron chi connectivity index (χ3n) is 2.45. The molecule has 1 atom stereocenters. The van der Waals surface area contributed by atoms with Gasteiger partial charge in [0.15, 0.2) is 0 Å². The van der Waals surface area contributed by atoms with E-state index < -0.39 is 5.97 Å². The fourth-order valence-electron chi connectivity index (χ4n) is 1.48. The van der Waals surface area contributed by atoms with Crippen molar-refractivity contribution in [2.45, 2.75) is 6.92 Å². The smallest absolute Gasteiger partial charge is 0.335 e. The Morgan fingerprint density at radius 3 is 2.47 bits per heavy atom. The predicted octanol–water partition coefficient (Wildman–Crippen LogP) is 1.79. The number of nitrogens with one attached hydrogen (secondary N) is 2. The van der Waals surface area contributed by atoms with Gasteiger partial charge < -0.3 is 20.5 Å². The lowest BCUT2D eigenvalue weighted by atomic mass is 10.2. The van der Waals surface area contributed by atoms with Crippen LogP contribution in [0.3, 0.4) is 0 Å². The number of carboxylic acids is 1. The molecule has 1 rings (SSSR count). The molecule has 0 aliphatic carbocycles. The number of ether oxygens (including phenoxy) is 1. The lowest BCUT2D eigenvalue weighted by molar-refractivity contribution is 0.0697. The van der Waals surface area contributed by atoms with Crippen LogP contribution in [0.25, 0.3) is 0 Å². The van der Waals surface area contributed by atoms with Gasteiger partial charge >= 0.3 is 12.0 Å². The Bertz CT molecular complexity index is 431. The van der Waals surface area contributed by atoms with Crippen LogP contribution in [0.15, 0.2) is 24.3 Å². The number of methoxy groups -OCH3 is 1. The summed E-state index contributed by atoms with van der Waals surface area (Å²) in [6.45, 7) is 3.05. The van der Waals surface area contributed by atoms with Crippen molar-refractivity contribution < 1.29 is 19.4 Å². The molecule has 0 aliphatic heterocycles. The van der Waals surface area contributed by atoms with Crippen LogP contribution < -0.4 is 10.6 Å². The topological polar surface area (TPSA) is 87.7 Å². The quantitative estimate of drug-likeness (QED) is 0.732. The molecule has 0 saturated carbocycles. The Hall–Kier alpha value is -2.08. The zero-order valence-electron chi connectivity index (χ0n) is 11.0. The second-order valence-electron chi connectivity index (χ2n) is 4.28. The lowest BCUT2D eigenvalue weighted by Crippen LogP contribution is -2.33. The summed E-state index contributed by atoms with van der Waals surface area (Å²) in [5.41, 5.74) is 0.724. The second-order valence-corrected chi connectivity index (χ2v) is 4.28. The summed E-state index contributed by atoms with van der Waals surface area (Å²) < 4.78 is 4.96. The molecule has 6 nitrogen and oxygen atoms in total. The largest absolute Gasteiger partial charge is 0.478 e. The summed E-state index contributed by atoms with van der Waals surface area (Å²) in [6, 6.07) is 5.63. The highest BCUT2D eigenvalue weighted by Crippen LogP contribution is 2.09. The number of hydrogen-bond donors (Lipinski definition) is 3. The minimum atomic E-state index is -0.996. The van der Waals surface area contributed by atoms with E-state index in [1.165, 1.54) is 12.1 Å². The number of amides is 2. The number of anilines is 1. The fraction of sp³-hybridized carbons (Fsp3) is 0.385. The van der Waals surface area contributed by atoms with E-state index in [2.05, 4.69) is 10.6 Å². The molecule has 19 heavy (non-hydrogen) atoms. The number of aromatic carboxylic acids is 1. The summed E-state index contributed by atoms with van der Waals surface area (Å²) in [4.78, 5) is 22.2. The first-order valence-electron chi connectivity index (χ1n) is 5.90. The van der Waals surface area contributed by atoms with Gasteiger partial charge in [-0.05, 0) is 30.2 Å². The second kappa shape index (κ2) is 7.38. The third-order valence-corrected chi connectivity index (χ3v) is 2.45. The number of urea groups is 1. The molecule has 0 heterocycles. The minimum Gasteiger partial charge on any atom is -0.478 e. The monoisotopic (exact) mass is 266 g/mol. The summed E-state index contributed by atoms with van der Waals surface area (Å²) in [7, 11) is 1.61. The minimum absolute atomic E-state index is 0.180. The van der Waals surface area contributed by atoms with Gasteiger partial charge in [0.25, 0.3) is 0 Å². The van der Waals surface area contributed by atoms with E-state index >= 15 is 0 Å². The maximum Gasteiger partial charge on any atom is 0.335 e. The number of carboxylic acid groups (broad SMARTS) is 1. The van der Waals surface area contributed by atoms with Gasteiger partial charge in [-0.3, -0.25) is 0 Å². The van der Waals surface area contributed by atoms with E-state index in [4.69, 9.17) is 9.84 Å². The number of carbonyl (C=O) groups excluding carboxylic acids is 1. The fourth-order valence-corrected chi connectivity index (χ4v) is 1.48. The molecule has 0 fully saturated rings. The van der Waals surface area contributed by atoms with Crippen LogP contribution >= 0.6 is 0 Å². The summed E-state index contributed by atoms with van der Waals surface area (Å²) in [6.07, 6.45) is 0. The summed E-state index contributed by atoms with van der Waals surface area (Å²) in [5.74, 6) is -0.769. The first kappa shape index (κ1) is 15.0. The molecular weight excluding hydrogens is 248 g/mol. The van der Waals surface area contributed by atoms with Gasteiger partial charge in [-0.2, -0.15) is 0 Å². The zero-order chi connectivity index (χ0) is 14.3. The van der Waals surface area contributed by atoms with Gasteiger partial charge in [-0.25, -0.2) is 9.59 Å². The molecule has 2 amide bonds. The molecule has 1 aromatic rings. The molecule has 3 N–H and O–H groups in total. The van der Waals surface area contributed by atoms with Crippen molar-refractivity contribution in [2.24, 2.45) is 5.92 Å².